The van der Waals surface area contributed by atoms with Gasteiger partial charge in [-0.05, 0) is 72.6 Å². The molecule has 0 bridgehead atoms. The van der Waals surface area contributed by atoms with Crippen molar-refractivity contribution in [2.24, 2.45) is 11.8 Å². The highest BCUT2D eigenvalue weighted by Crippen LogP contribution is 2.52. The number of amides is 4. The number of hydrogen-bond donors (Lipinski definition) is 0. The summed E-state index contributed by atoms with van der Waals surface area (Å²) in [6, 6.07) is 11.4. The lowest BCUT2D eigenvalue weighted by atomic mass is 9.81. The molecule has 0 aliphatic carbocycles. The van der Waals surface area contributed by atoms with Gasteiger partial charge in [0.2, 0.25) is 0 Å². The van der Waals surface area contributed by atoms with Crippen molar-refractivity contribution in [1.82, 2.24) is 9.80 Å². The summed E-state index contributed by atoms with van der Waals surface area (Å²) < 4.78 is 13.9. The second-order valence-electron chi connectivity index (χ2n) is 16.8. The standard InChI is InChI=1S/C50H62N2O6/c1-7-13-17-25-51-47(53)35-23-21-33-34-22-24-36-42-38(50(56)52(48(36)54)26-18-14-8-2)28-40(58-30-32(12-6)20-16-10-4)46(44(34)42)45-39(57-29-31(11-5)19-15-9-3)27-37(49(51)55)41(35)43(33)45/h21-24,27-28,31-32H,7-20,25-26,29-30H2,1-6H3. The van der Waals surface area contributed by atoms with Crippen molar-refractivity contribution in [3.8, 4) is 11.5 Å². The van der Waals surface area contributed by atoms with Crippen LogP contribution in [0, 0.1) is 11.8 Å². The Kier molecular flexibility index (Phi) is 12.9. The largest absolute Gasteiger partial charge is 0.493 e. The predicted octanol–water partition coefficient (Wildman–Crippen LogP) is 12.5. The molecule has 5 aromatic carbocycles. The first-order valence-electron chi connectivity index (χ1n) is 22.5. The van der Waals surface area contributed by atoms with E-state index < -0.39 is 0 Å². The molecular formula is C50H62N2O6. The lowest BCUT2D eigenvalue weighted by Crippen LogP contribution is -2.41. The van der Waals surface area contributed by atoms with Crippen molar-refractivity contribution in [2.75, 3.05) is 26.3 Å². The number of fused-ring (bicyclic) bond motifs is 2. The van der Waals surface area contributed by atoms with Gasteiger partial charge in [0, 0.05) is 56.5 Å². The number of imide groups is 2. The highest BCUT2D eigenvalue weighted by atomic mass is 16.5. The Balaban J connectivity index is 1.55. The second-order valence-corrected chi connectivity index (χ2v) is 16.8. The van der Waals surface area contributed by atoms with E-state index in [0.717, 1.165) is 122 Å². The van der Waals surface area contributed by atoms with E-state index in [1.165, 1.54) is 9.80 Å². The molecule has 0 spiro atoms. The van der Waals surface area contributed by atoms with Crippen LogP contribution in [0.5, 0.6) is 11.5 Å². The zero-order valence-corrected chi connectivity index (χ0v) is 35.7. The SMILES string of the molecule is CCCCCN1C(=O)c2ccc3c4ccc5c6c(cc(OCC(CC)CCCC)c(c7c(OCC(CC)CCCC)cc(c2c37)C1=O)c64)C(=O)N(CCCCC)C5=O. The van der Waals surface area contributed by atoms with Gasteiger partial charge in [0.15, 0.2) is 0 Å². The van der Waals surface area contributed by atoms with E-state index >= 15 is 0 Å². The van der Waals surface area contributed by atoms with Crippen LogP contribution in [0.2, 0.25) is 0 Å². The molecule has 2 unspecified atom stereocenters. The zero-order chi connectivity index (χ0) is 41.1. The monoisotopic (exact) mass is 786 g/mol. The number of benzene rings is 5. The molecule has 0 saturated carbocycles. The first kappa shape index (κ1) is 41.4. The summed E-state index contributed by atoms with van der Waals surface area (Å²) in [5.41, 5.74) is 1.95. The third-order valence-electron chi connectivity index (χ3n) is 12.9. The molecule has 8 heteroatoms. The molecule has 7 rings (SSSR count). The normalized spacial score (nSPS) is 15.2. The fraction of sp³-hybridized carbons (Fsp3) is 0.520. The number of nitrogens with zero attached hydrogens (tertiary/aromatic N) is 2. The number of unbranched alkanes of at least 4 members (excludes halogenated alkanes) is 6. The van der Waals surface area contributed by atoms with Gasteiger partial charge in [0.25, 0.3) is 23.6 Å². The quantitative estimate of drug-likeness (QED) is 0.0300. The molecule has 4 amide bonds. The summed E-state index contributed by atoms with van der Waals surface area (Å²) in [6.45, 7) is 14.7. The van der Waals surface area contributed by atoms with Crippen molar-refractivity contribution in [2.45, 2.75) is 131 Å². The zero-order valence-electron chi connectivity index (χ0n) is 35.7. The third-order valence-corrected chi connectivity index (χ3v) is 12.9. The Morgan fingerprint density at radius 3 is 1.19 bits per heavy atom. The number of carbonyl (C=O) groups is 4. The maximum absolute atomic E-state index is 14.5. The number of ether oxygens (including phenoxy) is 2. The van der Waals surface area contributed by atoms with Crippen molar-refractivity contribution >= 4 is 66.7 Å². The maximum Gasteiger partial charge on any atom is 0.261 e. The van der Waals surface area contributed by atoms with Gasteiger partial charge < -0.3 is 9.47 Å². The summed E-state index contributed by atoms with van der Waals surface area (Å²) in [5.74, 6) is 0.612. The molecule has 0 fully saturated rings. The minimum Gasteiger partial charge on any atom is -0.493 e. The van der Waals surface area contributed by atoms with Crippen LogP contribution in [0.15, 0.2) is 36.4 Å². The van der Waals surface area contributed by atoms with E-state index in [2.05, 4.69) is 41.5 Å². The molecule has 2 aliphatic rings. The molecule has 0 saturated heterocycles. The molecule has 2 aliphatic heterocycles. The number of hydrogen-bond acceptors (Lipinski definition) is 6. The first-order valence-corrected chi connectivity index (χ1v) is 22.5. The van der Waals surface area contributed by atoms with Crippen molar-refractivity contribution in [3.63, 3.8) is 0 Å². The lowest BCUT2D eigenvalue weighted by molar-refractivity contribution is 0.0592. The van der Waals surface area contributed by atoms with Crippen LogP contribution in [-0.2, 0) is 0 Å². The summed E-state index contributed by atoms with van der Waals surface area (Å²) in [6.07, 6.45) is 13.7. The Morgan fingerprint density at radius 2 is 0.828 bits per heavy atom. The number of carbonyl (C=O) groups excluding carboxylic acids is 4. The van der Waals surface area contributed by atoms with Crippen LogP contribution in [0.4, 0.5) is 0 Å². The lowest BCUT2D eigenvalue weighted by Gasteiger charge is -2.31. The molecule has 8 nitrogen and oxygen atoms in total. The van der Waals surface area contributed by atoms with E-state index in [9.17, 15) is 19.2 Å². The Hall–Kier alpha value is -4.72. The molecule has 5 aromatic rings. The van der Waals surface area contributed by atoms with E-state index in [0.29, 0.717) is 82.7 Å². The summed E-state index contributed by atoms with van der Waals surface area (Å²) in [4.78, 5) is 60.4. The van der Waals surface area contributed by atoms with Crippen LogP contribution in [-0.4, -0.2) is 59.7 Å². The van der Waals surface area contributed by atoms with Gasteiger partial charge in [-0.3, -0.25) is 29.0 Å². The predicted molar refractivity (Wildman–Crippen MR) is 235 cm³/mol. The van der Waals surface area contributed by atoms with E-state index in [1.807, 2.05) is 36.4 Å². The Labute approximate surface area is 343 Å². The molecule has 58 heavy (non-hydrogen) atoms. The van der Waals surface area contributed by atoms with Gasteiger partial charge in [-0.2, -0.15) is 0 Å². The average Bonchev–Trinajstić information content (AvgIpc) is 3.24. The van der Waals surface area contributed by atoms with Crippen molar-refractivity contribution in [3.05, 3.63) is 58.7 Å². The molecule has 0 N–H and O–H groups in total. The topological polar surface area (TPSA) is 93.2 Å². The van der Waals surface area contributed by atoms with Gasteiger partial charge in [0.1, 0.15) is 11.5 Å². The minimum atomic E-state index is -0.297. The average molecular weight is 787 g/mol. The van der Waals surface area contributed by atoms with E-state index in [1.54, 1.807) is 0 Å². The fourth-order valence-electron chi connectivity index (χ4n) is 9.37. The highest BCUT2D eigenvalue weighted by Gasteiger charge is 2.39. The second kappa shape index (κ2) is 18.0. The van der Waals surface area contributed by atoms with Crippen molar-refractivity contribution in [1.29, 1.82) is 0 Å². The van der Waals surface area contributed by atoms with Crippen molar-refractivity contribution < 1.29 is 28.7 Å². The van der Waals surface area contributed by atoms with Crippen LogP contribution in [0.1, 0.15) is 173 Å². The van der Waals surface area contributed by atoms with Gasteiger partial charge in [0.05, 0.1) is 24.3 Å². The maximum atomic E-state index is 14.5. The first-order chi connectivity index (χ1) is 28.2. The van der Waals surface area contributed by atoms with Crippen LogP contribution in [0.25, 0.3) is 43.1 Å². The minimum absolute atomic E-state index is 0.279. The Bertz CT molecular complexity index is 2180. The van der Waals surface area contributed by atoms with Crippen LogP contribution >= 0.6 is 0 Å². The van der Waals surface area contributed by atoms with E-state index in [-0.39, 0.29) is 23.6 Å². The molecule has 2 atom stereocenters. The smallest absolute Gasteiger partial charge is 0.261 e. The van der Waals surface area contributed by atoms with Gasteiger partial charge in [-0.25, -0.2) is 0 Å². The molecular weight excluding hydrogens is 725 g/mol. The summed E-state index contributed by atoms with van der Waals surface area (Å²) in [5, 5.41) is 6.06. The van der Waals surface area contributed by atoms with Crippen LogP contribution in [0.3, 0.4) is 0 Å². The molecule has 2 heterocycles. The molecule has 308 valence electrons. The fourth-order valence-corrected chi connectivity index (χ4v) is 9.37. The van der Waals surface area contributed by atoms with Gasteiger partial charge in [-0.1, -0.05) is 118 Å². The summed E-state index contributed by atoms with van der Waals surface area (Å²) in [7, 11) is 0. The van der Waals surface area contributed by atoms with E-state index in [4.69, 9.17) is 9.47 Å². The van der Waals surface area contributed by atoms with Gasteiger partial charge in [-0.15, -0.1) is 0 Å². The third kappa shape index (κ3) is 7.30. The molecule has 0 radical (unpaired) electrons. The summed E-state index contributed by atoms with van der Waals surface area (Å²) >= 11 is 0. The van der Waals surface area contributed by atoms with Crippen LogP contribution < -0.4 is 9.47 Å². The number of rotatable bonds is 22. The molecule has 0 aromatic heterocycles. The highest BCUT2D eigenvalue weighted by molar-refractivity contribution is 6.43. The Morgan fingerprint density at radius 1 is 0.448 bits per heavy atom. The van der Waals surface area contributed by atoms with Gasteiger partial charge >= 0.3 is 0 Å².